The molecular weight excluding hydrogens is 368 g/mol. The van der Waals surface area contributed by atoms with Crippen molar-refractivity contribution in [3.63, 3.8) is 0 Å². The van der Waals surface area contributed by atoms with E-state index in [0.29, 0.717) is 33.4 Å². The fourth-order valence-corrected chi connectivity index (χ4v) is 3.22. The van der Waals surface area contributed by atoms with Crippen molar-refractivity contribution in [2.75, 3.05) is 0 Å². The molecule has 142 valence electrons. The summed E-state index contributed by atoms with van der Waals surface area (Å²) in [6.45, 7) is 0. The lowest BCUT2D eigenvalue weighted by Gasteiger charge is -2.07. The van der Waals surface area contributed by atoms with Gasteiger partial charge < -0.3 is 9.52 Å². The fraction of sp³-hybridized carbons (Fsp3) is 0.0417. The van der Waals surface area contributed by atoms with Crippen molar-refractivity contribution in [3.8, 4) is 11.3 Å². The highest BCUT2D eigenvalue weighted by molar-refractivity contribution is 6.09. The molecule has 4 aromatic rings. The van der Waals surface area contributed by atoms with Gasteiger partial charge in [0.1, 0.15) is 11.3 Å². The summed E-state index contributed by atoms with van der Waals surface area (Å²) in [6, 6.07) is 22.0. The Hall–Kier alpha value is -3.99. The van der Waals surface area contributed by atoms with Gasteiger partial charge in [0.05, 0.1) is 11.8 Å². The second kappa shape index (κ2) is 7.56. The molecule has 0 saturated carbocycles. The number of hydrogen-bond donors (Lipinski definition) is 1. The van der Waals surface area contributed by atoms with Crippen LogP contribution in [-0.4, -0.2) is 16.9 Å². The van der Waals surface area contributed by atoms with Gasteiger partial charge >= 0.3 is 5.97 Å². The highest BCUT2D eigenvalue weighted by atomic mass is 16.4. The van der Waals surface area contributed by atoms with Gasteiger partial charge in [0.25, 0.3) is 0 Å². The van der Waals surface area contributed by atoms with E-state index in [0.717, 1.165) is 0 Å². The first-order valence-electron chi connectivity index (χ1n) is 9.00. The molecular formula is C24H16O5. The molecule has 0 unspecified atom stereocenters. The van der Waals surface area contributed by atoms with Crippen LogP contribution in [0.2, 0.25) is 0 Å². The van der Waals surface area contributed by atoms with Crippen LogP contribution in [0.3, 0.4) is 0 Å². The molecule has 4 rings (SSSR count). The first-order chi connectivity index (χ1) is 14.0. The smallest absolute Gasteiger partial charge is 0.307 e. The zero-order valence-electron chi connectivity index (χ0n) is 15.3. The molecule has 0 bridgehead atoms. The van der Waals surface area contributed by atoms with Gasteiger partial charge in [-0.25, -0.2) is 0 Å². The Kier molecular flexibility index (Phi) is 4.79. The summed E-state index contributed by atoms with van der Waals surface area (Å²) in [4.78, 5) is 36.2. The van der Waals surface area contributed by atoms with Crippen LogP contribution >= 0.6 is 0 Å². The highest BCUT2D eigenvalue weighted by Gasteiger charge is 2.14. The Bertz CT molecular complexity index is 1270. The van der Waals surface area contributed by atoms with Crippen LogP contribution < -0.4 is 5.43 Å². The summed E-state index contributed by atoms with van der Waals surface area (Å²) in [5.74, 6) is -0.783. The van der Waals surface area contributed by atoms with E-state index in [2.05, 4.69) is 0 Å². The van der Waals surface area contributed by atoms with Gasteiger partial charge in [0, 0.05) is 28.3 Å². The fourth-order valence-electron chi connectivity index (χ4n) is 3.22. The molecule has 0 aliphatic carbocycles. The molecule has 5 nitrogen and oxygen atoms in total. The summed E-state index contributed by atoms with van der Waals surface area (Å²) < 4.78 is 5.90. The van der Waals surface area contributed by atoms with Crippen molar-refractivity contribution >= 4 is 22.7 Å². The molecule has 0 saturated heterocycles. The van der Waals surface area contributed by atoms with Crippen LogP contribution in [0.5, 0.6) is 0 Å². The third-order valence-electron chi connectivity index (χ3n) is 4.65. The van der Waals surface area contributed by atoms with E-state index in [4.69, 9.17) is 9.52 Å². The number of carbonyl (C=O) groups is 2. The molecule has 29 heavy (non-hydrogen) atoms. The van der Waals surface area contributed by atoms with Gasteiger partial charge in [0.15, 0.2) is 11.2 Å². The molecule has 5 heteroatoms. The van der Waals surface area contributed by atoms with E-state index >= 15 is 0 Å². The lowest BCUT2D eigenvalue weighted by molar-refractivity contribution is -0.136. The first-order valence-corrected chi connectivity index (χ1v) is 9.00. The van der Waals surface area contributed by atoms with Crippen LogP contribution in [0.25, 0.3) is 22.3 Å². The Morgan fingerprint density at radius 1 is 0.828 bits per heavy atom. The Morgan fingerprint density at radius 2 is 1.52 bits per heavy atom. The largest absolute Gasteiger partial charge is 0.481 e. The standard InChI is InChI=1S/C24H16O5/c25-20-14-21(29-24-18(13-22(26)27)7-4-8-19(20)24)15-9-11-17(12-10-15)23(28)16-5-2-1-3-6-16/h1-12,14H,13H2,(H,26,27). The maximum absolute atomic E-state index is 12.5. The second-order valence-corrected chi connectivity index (χ2v) is 6.61. The number of carbonyl (C=O) groups excluding carboxylic acids is 1. The molecule has 0 atom stereocenters. The van der Waals surface area contributed by atoms with Gasteiger partial charge in [-0.05, 0) is 6.07 Å². The molecule has 0 fully saturated rings. The van der Waals surface area contributed by atoms with Crippen LogP contribution in [0, 0.1) is 0 Å². The predicted molar refractivity (Wildman–Crippen MR) is 109 cm³/mol. The van der Waals surface area contributed by atoms with E-state index < -0.39 is 5.97 Å². The van der Waals surface area contributed by atoms with Crippen molar-refractivity contribution in [1.82, 2.24) is 0 Å². The molecule has 1 heterocycles. The number of para-hydroxylation sites is 1. The number of carboxylic acids is 1. The minimum Gasteiger partial charge on any atom is -0.481 e. The third kappa shape index (κ3) is 3.71. The van der Waals surface area contributed by atoms with Crippen molar-refractivity contribution in [3.05, 3.63) is 106 Å². The average molecular weight is 384 g/mol. The van der Waals surface area contributed by atoms with E-state index in [1.54, 1.807) is 66.7 Å². The van der Waals surface area contributed by atoms with Gasteiger partial charge in [-0.15, -0.1) is 0 Å². The number of ketones is 1. The zero-order chi connectivity index (χ0) is 20.4. The molecule has 0 amide bonds. The number of aliphatic carboxylic acids is 1. The average Bonchev–Trinajstić information content (AvgIpc) is 2.74. The Labute approximate surface area is 165 Å². The molecule has 0 radical (unpaired) electrons. The lowest BCUT2D eigenvalue weighted by Crippen LogP contribution is -2.05. The lowest BCUT2D eigenvalue weighted by atomic mass is 10.0. The van der Waals surface area contributed by atoms with E-state index in [9.17, 15) is 14.4 Å². The first kappa shape index (κ1) is 18.4. The number of benzene rings is 3. The topological polar surface area (TPSA) is 84.6 Å². The van der Waals surface area contributed by atoms with E-state index in [-0.39, 0.29) is 23.2 Å². The third-order valence-corrected chi connectivity index (χ3v) is 4.65. The van der Waals surface area contributed by atoms with Crippen molar-refractivity contribution in [2.45, 2.75) is 6.42 Å². The molecule has 0 aliphatic rings. The molecule has 0 spiro atoms. The van der Waals surface area contributed by atoms with Crippen molar-refractivity contribution in [1.29, 1.82) is 0 Å². The Morgan fingerprint density at radius 3 is 2.21 bits per heavy atom. The summed E-state index contributed by atoms with van der Waals surface area (Å²) in [6.07, 6.45) is -0.242. The maximum atomic E-state index is 12.5. The summed E-state index contributed by atoms with van der Waals surface area (Å²) in [5.41, 5.74) is 2.19. The summed E-state index contributed by atoms with van der Waals surface area (Å²) in [7, 11) is 0. The molecule has 0 aliphatic heterocycles. The van der Waals surface area contributed by atoms with Gasteiger partial charge in [-0.1, -0.05) is 66.7 Å². The monoisotopic (exact) mass is 384 g/mol. The molecule has 1 aromatic heterocycles. The normalized spacial score (nSPS) is 10.8. The number of hydrogen-bond acceptors (Lipinski definition) is 4. The summed E-state index contributed by atoms with van der Waals surface area (Å²) in [5, 5.41) is 9.44. The molecule has 3 aromatic carbocycles. The zero-order valence-corrected chi connectivity index (χ0v) is 15.3. The van der Waals surface area contributed by atoms with Gasteiger partial charge in [0.2, 0.25) is 0 Å². The van der Waals surface area contributed by atoms with Gasteiger partial charge in [-0.2, -0.15) is 0 Å². The Balaban J connectivity index is 1.74. The van der Waals surface area contributed by atoms with Crippen LogP contribution in [0.1, 0.15) is 21.5 Å². The number of carboxylic acid groups (broad SMARTS) is 1. The number of fused-ring (bicyclic) bond motifs is 1. The summed E-state index contributed by atoms with van der Waals surface area (Å²) >= 11 is 0. The SMILES string of the molecule is O=C(O)Cc1cccc2c(=O)cc(-c3ccc(C(=O)c4ccccc4)cc3)oc12. The highest BCUT2D eigenvalue weighted by Crippen LogP contribution is 2.25. The maximum Gasteiger partial charge on any atom is 0.307 e. The van der Waals surface area contributed by atoms with E-state index in [1.165, 1.54) is 6.07 Å². The second-order valence-electron chi connectivity index (χ2n) is 6.61. The van der Waals surface area contributed by atoms with Crippen molar-refractivity contribution in [2.24, 2.45) is 0 Å². The van der Waals surface area contributed by atoms with Crippen LogP contribution in [-0.2, 0) is 11.2 Å². The van der Waals surface area contributed by atoms with E-state index in [1.807, 2.05) is 6.07 Å². The van der Waals surface area contributed by atoms with Crippen molar-refractivity contribution < 1.29 is 19.1 Å². The minimum atomic E-state index is -1.01. The predicted octanol–water partition coefficient (Wildman–Crippen LogP) is 4.32. The van der Waals surface area contributed by atoms with Gasteiger partial charge in [-0.3, -0.25) is 14.4 Å². The minimum absolute atomic E-state index is 0.0964. The molecule has 1 N–H and O–H groups in total. The quantitative estimate of drug-likeness (QED) is 0.518. The van der Waals surface area contributed by atoms with Crippen LogP contribution in [0.4, 0.5) is 0 Å². The van der Waals surface area contributed by atoms with Crippen LogP contribution in [0.15, 0.2) is 88.1 Å². The number of rotatable bonds is 5.